The topological polar surface area (TPSA) is 26.0 Å². The predicted octanol–water partition coefficient (Wildman–Crippen LogP) is 3.61. The highest BCUT2D eigenvalue weighted by atomic mass is 14.7. The van der Waals surface area contributed by atoms with E-state index in [0.29, 0.717) is 5.92 Å². The van der Waals surface area contributed by atoms with Crippen LogP contribution in [0.4, 0.5) is 0 Å². The molecule has 2 N–H and O–H groups in total. The maximum atomic E-state index is 6.49. The van der Waals surface area contributed by atoms with Crippen molar-refractivity contribution in [3.8, 4) is 0 Å². The van der Waals surface area contributed by atoms with Gasteiger partial charge < -0.3 is 5.73 Å². The molecule has 0 aliphatic heterocycles. The number of hydrogen-bond acceptors (Lipinski definition) is 1. The molecule has 0 spiro atoms. The van der Waals surface area contributed by atoms with Crippen LogP contribution in [0.15, 0.2) is 18.2 Å². The maximum absolute atomic E-state index is 6.49. The molecule has 0 fully saturated rings. The Morgan fingerprint density at radius 1 is 1.25 bits per heavy atom. The van der Waals surface area contributed by atoms with E-state index < -0.39 is 0 Å². The van der Waals surface area contributed by atoms with Crippen molar-refractivity contribution in [2.75, 3.05) is 0 Å². The first kappa shape index (κ1) is 13.2. The maximum Gasteiger partial charge on any atom is 0.0215 e. The molecule has 0 radical (unpaired) electrons. The van der Waals surface area contributed by atoms with Crippen LogP contribution in [0.5, 0.6) is 0 Å². The first-order valence-corrected chi connectivity index (χ1v) is 6.24. The van der Waals surface area contributed by atoms with Crippen LogP contribution in [-0.2, 0) is 6.42 Å². The summed E-state index contributed by atoms with van der Waals surface area (Å²) in [6.07, 6.45) is 2.01. The Morgan fingerprint density at radius 3 is 2.38 bits per heavy atom. The van der Waals surface area contributed by atoms with Gasteiger partial charge in [0.05, 0.1) is 0 Å². The molecule has 1 rings (SSSR count). The third kappa shape index (κ3) is 2.85. The molecule has 1 aromatic rings. The fourth-order valence-electron chi connectivity index (χ4n) is 2.08. The lowest BCUT2D eigenvalue weighted by Crippen LogP contribution is -2.46. The summed E-state index contributed by atoms with van der Waals surface area (Å²) in [6, 6.07) is 6.63. The zero-order valence-electron chi connectivity index (χ0n) is 11.3. The van der Waals surface area contributed by atoms with Gasteiger partial charge in [-0.2, -0.15) is 0 Å². The molecule has 0 aliphatic carbocycles. The third-order valence-electron chi connectivity index (χ3n) is 3.83. The van der Waals surface area contributed by atoms with Crippen LogP contribution in [0.25, 0.3) is 0 Å². The molecule has 1 nitrogen and oxygen atoms in total. The first-order valence-electron chi connectivity index (χ1n) is 6.24. The highest BCUT2D eigenvalue weighted by Gasteiger charge is 2.27. The van der Waals surface area contributed by atoms with Gasteiger partial charge in [0.1, 0.15) is 0 Å². The van der Waals surface area contributed by atoms with Crippen LogP contribution in [0.3, 0.4) is 0 Å². The summed E-state index contributed by atoms with van der Waals surface area (Å²) in [5.41, 5.74) is 10.5. The average molecular weight is 219 g/mol. The monoisotopic (exact) mass is 219 g/mol. The molecular formula is C15H25N. The molecule has 1 heteroatoms. The lowest BCUT2D eigenvalue weighted by atomic mass is 9.79. The van der Waals surface area contributed by atoms with Crippen molar-refractivity contribution < 1.29 is 0 Å². The summed E-state index contributed by atoms with van der Waals surface area (Å²) >= 11 is 0. The molecule has 0 aliphatic rings. The number of hydrogen-bond donors (Lipinski definition) is 1. The van der Waals surface area contributed by atoms with Crippen molar-refractivity contribution in [3.05, 3.63) is 34.9 Å². The minimum Gasteiger partial charge on any atom is -0.325 e. The lowest BCUT2D eigenvalue weighted by molar-refractivity contribution is 0.296. The molecule has 0 heterocycles. The van der Waals surface area contributed by atoms with Crippen LogP contribution in [0.1, 0.15) is 43.9 Å². The highest BCUT2D eigenvalue weighted by molar-refractivity contribution is 5.32. The molecule has 90 valence electrons. The summed E-state index contributed by atoms with van der Waals surface area (Å²) in [5, 5.41) is 0. The van der Waals surface area contributed by atoms with Crippen LogP contribution < -0.4 is 5.73 Å². The zero-order valence-corrected chi connectivity index (χ0v) is 11.3. The fourth-order valence-corrected chi connectivity index (χ4v) is 2.08. The summed E-state index contributed by atoms with van der Waals surface area (Å²) < 4.78 is 0. The van der Waals surface area contributed by atoms with E-state index in [4.69, 9.17) is 5.73 Å². The summed E-state index contributed by atoms with van der Waals surface area (Å²) in [7, 11) is 0. The number of aryl methyl sites for hydroxylation is 2. The minimum absolute atomic E-state index is 0.0709. The van der Waals surface area contributed by atoms with Crippen LogP contribution in [-0.4, -0.2) is 5.54 Å². The Balaban J connectivity index is 2.98. The largest absolute Gasteiger partial charge is 0.325 e. The van der Waals surface area contributed by atoms with Gasteiger partial charge in [-0.15, -0.1) is 0 Å². The molecule has 16 heavy (non-hydrogen) atoms. The van der Waals surface area contributed by atoms with Crippen molar-refractivity contribution in [2.45, 2.75) is 53.0 Å². The Kier molecular flexibility index (Phi) is 4.15. The molecule has 1 unspecified atom stereocenters. The average Bonchev–Trinajstić information content (AvgIpc) is 2.23. The number of benzene rings is 1. The van der Waals surface area contributed by atoms with E-state index in [1.54, 1.807) is 0 Å². The van der Waals surface area contributed by atoms with E-state index in [9.17, 15) is 0 Å². The van der Waals surface area contributed by atoms with Gasteiger partial charge in [0.2, 0.25) is 0 Å². The third-order valence-corrected chi connectivity index (χ3v) is 3.83. The van der Waals surface area contributed by atoms with Gasteiger partial charge in [-0.05, 0) is 43.7 Å². The lowest BCUT2D eigenvalue weighted by Gasteiger charge is -2.33. The first-order chi connectivity index (χ1) is 7.39. The van der Waals surface area contributed by atoms with Gasteiger partial charge in [-0.3, -0.25) is 0 Å². The molecule has 1 aromatic carbocycles. The number of rotatable bonds is 4. The SMILES string of the molecule is CCC(N)(Cc1cc(C)ccc1C)C(C)C. The van der Waals surface area contributed by atoms with Crippen molar-refractivity contribution in [2.24, 2.45) is 11.7 Å². The molecule has 0 amide bonds. The smallest absolute Gasteiger partial charge is 0.0215 e. The van der Waals surface area contributed by atoms with Crippen molar-refractivity contribution >= 4 is 0 Å². The fraction of sp³-hybridized carbons (Fsp3) is 0.600. The second-order valence-electron chi connectivity index (χ2n) is 5.35. The van der Waals surface area contributed by atoms with Gasteiger partial charge in [0, 0.05) is 5.54 Å². The van der Waals surface area contributed by atoms with Gasteiger partial charge >= 0.3 is 0 Å². The number of nitrogens with two attached hydrogens (primary N) is 1. The van der Waals surface area contributed by atoms with Gasteiger partial charge in [-0.25, -0.2) is 0 Å². The van der Waals surface area contributed by atoms with E-state index in [1.807, 2.05) is 0 Å². The Labute approximate surface area is 100 Å². The molecule has 0 saturated heterocycles. The Morgan fingerprint density at radius 2 is 1.88 bits per heavy atom. The summed E-state index contributed by atoms with van der Waals surface area (Å²) in [4.78, 5) is 0. The van der Waals surface area contributed by atoms with E-state index in [1.165, 1.54) is 16.7 Å². The molecule has 0 aromatic heterocycles. The van der Waals surface area contributed by atoms with E-state index >= 15 is 0 Å². The molecule has 0 saturated carbocycles. The van der Waals surface area contributed by atoms with Crippen LogP contribution in [0.2, 0.25) is 0 Å². The van der Waals surface area contributed by atoms with Crippen molar-refractivity contribution in [1.29, 1.82) is 0 Å². The molecule has 1 atom stereocenters. The summed E-state index contributed by atoms with van der Waals surface area (Å²) in [5.74, 6) is 0.511. The summed E-state index contributed by atoms with van der Waals surface area (Å²) in [6.45, 7) is 10.9. The van der Waals surface area contributed by atoms with Crippen molar-refractivity contribution in [3.63, 3.8) is 0 Å². The van der Waals surface area contributed by atoms with E-state index in [0.717, 1.165) is 12.8 Å². The normalized spacial score (nSPS) is 15.2. The second kappa shape index (κ2) is 5.01. The zero-order chi connectivity index (χ0) is 12.3. The van der Waals surface area contributed by atoms with Crippen molar-refractivity contribution in [1.82, 2.24) is 0 Å². The predicted molar refractivity (Wildman–Crippen MR) is 71.7 cm³/mol. The van der Waals surface area contributed by atoms with Crippen LogP contribution in [0, 0.1) is 19.8 Å². The standard InChI is InChI=1S/C15H25N/c1-6-15(16,11(2)3)10-14-9-12(4)7-8-13(14)5/h7-9,11H,6,10,16H2,1-5H3. The Hall–Kier alpha value is -0.820. The van der Waals surface area contributed by atoms with Crippen LogP contribution >= 0.6 is 0 Å². The van der Waals surface area contributed by atoms with Gasteiger partial charge in [-0.1, -0.05) is 44.5 Å². The molecular weight excluding hydrogens is 194 g/mol. The second-order valence-corrected chi connectivity index (χ2v) is 5.35. The Bertz CT molecular complexity index is 354. The van der Waals surface area contributed by atoms with Gasteiger partial charge in [0.25, 0.3) is 0 Å². The highest BCUT2D eigenvalue weighted by Crippen LogP contribution is 2.25. The minimum atomic E-state index is -0.0709. The molecule has 0 bridgehead atoms. The van der Waals surface area contributed by atoms with E-state index in [-0.39, 0.29) is 5.54 Å². The van der Waals surface area contributed by atoms with Gasteiger partial charge in [0.15, 0.2) is 0 Å². The van der Waals surface area contributed by atoms with E-state index in [2.05, 4.69) is 52.8 Å². The quantitative estimate of drug-likeness (QED) is 0.822.